The lowest BCUT2D eigenvalue weighted by Gasteiger charge is -2.19. The van der Waals surface area contributed by atoms with Gasteiger partial charge in [0.1, 0.15) is 0 Å². The van der Waals surface area contributed by atoms with Crippen molar-refractivity contribution < 1.29 is 9.47 Å². The predicted octanol–water partition coefficient (Wildman–Crippen LogP) is 0.927. The van der Waals surface area contributed by atoms with Crippen molar-refractivity contribution in [3.05, 3.63) is 0 Å². The van der Waals surface area contributed by atoms with Gasteiger partial charge in [0.05, 0.1) is 0 Å². The number of hydrogen-bond donors (Lipinski definition) is 1. The molecule has 0 spiro atoms. The van der Waals surface area contributed by atoms with Crippen LogP contribution in [0.15, 0.2) is 0 Å². The molecule has 0 aromatic heterocycles. The number of nitrogens with zero attached hydrogens (tertiary/aromatic N) is 1. The van der Waals surface area contributed by atoms with Gasteiger partial charge in [-0.25, -0.2) is 0 Å². The summed E-state index contributed by atoms with van der Waals surface area (Å²) in [4.78, 5) is 2.27. The summed E-state index contributed by atoms with van der Waals surface area (Å²) in [5.41, 5.74) is 0. The second kappa shape index (κ2) is 10.4. The van der Waals surface area contributed by atoms with Crippen LogP contribution in [-0.2, 0) is 9.47 Å². The second-order valence-electron chi connectivity index (χ2n) is 3.44. The maximum atomic E-state index is 5.42. The molecule has 4 heteroatoms. The van der Waals surface area contributed by atoms with Crippen molar-refractivity contribution >= 4 is 0 Å². The number of rotatable bonds is 10. The van der Waals surface area contributed by atoms with Gasteiger partial charge in [-0.05, 0) is 27.4 Å². The van der Waals surface area contributed by atoms with Crippen LogP contribution < -0.4 is 5.32 Å². The van der Waals surface area contributed by atoms with Crippen molar-refractivity contribution in [3.63, 3.8) is 0 Å². The molecule has 0 atom stereocenters. The Morgan fingerprint density at radius 3 is 2.20 bits per heavy atom. The van der Waals surface area contributed by atoms with E-state index in [-0.39, 0.29) is 6.29 Å². The summed E-state index contributed by atoms with van der Waals surface area (Å²) >= 11 is 0. The molecule has 0 aliphatic carbocycles. The second-order valence-corrected chi connectivity index (χ2v) is 3.44. The Kier molecular flexibility index (Phi) is 10.3. The van der Waals surface area contributed by atoms with E-state index in [0.29, 0.717) is 13.2 Å². The highest BCUT2D eigenvalue weighted by molar-refractivity contribution is 4.55. The molecule has 1 N–H and O–H groups in total. The van der Waals surface area contributed by atoms with Crippen LogP contribution >= 0.6 is 0 Å². The summed E-state index contributed by atoms with van der Waals surface area (Å²) in [7, 11) is 2.12. The van der Waals surface area contributed by atoms with Gasteiger partial charge >= 0.3 is 0 Å². The Morgan fingerprint density at radius 2 is 1.73 bits per heavy atom. The molecule has 0 saturated heterocycles. The minimum atomic E-state index is -0.105. The van der Waals surface area contributed by atoms with Crippen molar-refractivity contribution in [2.24, 2.45) is 0 Å². The van der Waals surface area contributed by atoms with Gasteiger partial charge in [0.2, 0.25) is 0 Å². The zero-order valence-electron chi connectivity index (χ0n) is 10.6. The third-order valence-electron chi connectivity index (χ3n) is 2.23. The summed E-state index contributed by atoms with van der Waals surface area (Å²) in [6.07, 6.45) is -0.105. The lowest BCUT2D eigenvalue weighted by molar-refractivity contribution is -0.132. The first-order valence-corrected chi connectivity index (χ1v) is 5.87. The van der Waals surface area contributed by atoms with Gasteiger partial charge in [0.15, 0.2) is 6.29 Å². The molecule has 0 aliphatic rings. The van der Waals surface area contributed by atoms with E-state index < -0.39 is 0 Å². The van der Waals surface area contributed by atoms with Crippen molar-refractivity contribution in [1.82, 2.24) is 10.2 Å². The zero-order chi connectivity index (χ0) is 11.5. The maximum absolute atomic E-state index is 5.42. The van der Waals surface area contributed by atoms with Crippen LogP contribution in [0.5, 0.6) is 0 Å². The normalized spacial score (nSPS) is 11.6. The van der Waals surface area contributed by atoms with E-state index in [1.54, 1.807) is 0 Å². The molecule has 92 valence electrons. The fraction of sp³-hybridized carbons (Fsp3) is 1.00. The molecular formula is C11H26N2O2. The lowest BCUT2D eigenvalue weighted by Crippen LogP contribution is -2.36. The van der Waals surface area contributed by atoms with Gasteiger partial charge in [-0.1, -0.05) is 6.92 Å². The molecule has 0 amide bonds. The SMILES string of the molecule is CCOC(CNCCN(C)CC)OCC. The Labute approximate surface area is 93.9 Å². The molecule has 0 radical (unpaired) electrons. The Morgan fingerprint density at radius 1 is 1.13 bits per heavy atom. The third-order valence-corrected chi connectivity index (χ3v) is 2.23. The van der Waals surface area contributed by atoms with Crippen molar-refractivity contribution in [2.45, 2.75) is 27.1 Å². The molecule has 0 rings (SSSR count). The van der Waals surface area contributed by atoms with Gasteiger partial charge in [-0.15, -0.1) is 0 Å². The number of hydrogen-bond acceptors (Lipinski definition) is 4. The predicted molar refractivity (Wildman–Crippen MR) is 63.1 cm³/mol. The van der Waals surface area contributed by atoms with Crippen LogP contribution in [0.3, 0.4) is 0 Å². The highest BCUT2D eigenvalue weighted by Crippen LogP contribution is 1.92. The van der Waals surface area contributed by atoms with E-state index in [4.69, 9.17) is 9.47 Å². The minimum absolute atomic E-state index is 0.105. The molecule has 0 saturated carbocycles. The summed E-state index contributed by atoms with van der Waals surface area (Å²) in [6, 6.07) is 0. The van der Waals surface area contributed by atoms with E-state index in [1.807, 2.05) is 13.8 Å². The molecule has 0 heterocycles. The minimum Gasteiger partial charge on any atom is -0.352 e. The summed E-state index contributed by atoms with van der Waals surface area (Å²) in [6.45, 7) is 11.4. The van der Waals surface area contributed by atoms with Gasteiger partial charge in [0.25, 0.3) is 0 Å². The number of likely N-dealkylation sites (N-methyl/N-ethyl adjacent to an activating group) is 1. The van der Waals surface area contributed by atoms with Crippen molar-refractivity contribution in [2.75, 3.05) is 46.4 Å². The fourth-order valence-corrected chi connectivity index (χ4v) is 1.19. The maximum Gasteiger partial charge on any atom is 0.169 e. The molecular weight excluding hydrogens is 192 g/mol. The van der Waals surface area contributed by atoms with Gasteiger partial charge < -0.3 is 19.7 Å². The summed E-state index contributed by atoms with van der Waals surface area (Å²) in [5.74, 6) is 0. The molecule has 0 bridgehead atoms. The molecule has 15 heavy (non-hydrogen) atoms. The monoisotopic (exact) mass is 218 g/mol. The van der Waals surface area contributed by atoms with Crippen LogP contribution in [0.2, 0.25) is 0 Å². The van der Waals surface area contributed by atoms with Crippen molar-refractivity contribution in [3.8, 4) is 0 Å². The Balaban J connectivity index is 3.43. The summed E-state index contributed by atoms with van der Waals surface area (Å²) in [5, 5.41) is 3.33. The first-order valence-electron chi connectivity index (χ1n) is 5.87. The standard InChI is InChI=1S/C11H26N2O2/c1-5-13(4)9-8-12-10-11(14-6-2)15-7-3/h11-12H,5-10H2,1-4H3. The Bertz CT molecular complexity index is 128. The average Bonchev–Trinajstić information content (AvgIpc) is 2.24. The largest absolute Gasteiger partial charge is 0.352 e. The molecule has 0 aromatic rings. The molecule has 4 nitrogen and oxygen atoms in total. The van der Waals surface area contributed by atoms with E-state index in [0.717, 1.165) is 26.2 Å². The lowest BCUT2D eigenvalue weighted by atomic mass is 10.5. The van der Waals surface area contributed by atoms with Crippen LogP contribution in [0.1, 0.15) is 20.8 Å². The van der Waals surface area contributed by atoms with Gasteiger partial charge in [-0.3, -0.25) is 0 Å². The van der Waals surface area contributed by atoms with Crippen LogP contribution in [0.25, 0.3) is 0 Å². The first kappa shape index (κ1) is 14.8. The number of ether oxygens (including phenoxy) is 2. The third kappa shape index (κ3) is 8.81. The highest BCUT2D eigenvalue weighted by Gasteiger charge is 2.06. The Hall–Kier alpha value is -0.160. The quantitative estimate of drug-likeness (QED) is 0.437. The average molecular weight is 218 g/mol. The highest BCUT2D eigenvalue weighted by atomic mass is 16.7. The molecule has 0 unspecified atom stereocenters. The fourth-order valence-electron chi connectivity index (χ4n) is 1.19. The van der Waals surface area contributed by atoms with Crippen LogP contribution in [-0.4, -0.2) is 57.6 Å². The van der Waals surface area contributed by atoms with Crippen LogP contribution in [0, 0.1) is 0 Å². The van der Waals surface area contributed by atoms with Crippen molar-refractivity contribution in [1.29, 1.82) is 0 Å². The van der Waals surface area contributed by atoms with Crippen LogP contribution in [0.4, 0.5) is 0 Å². The smallest absolute Gasteiger partial charge is 0.169 e. The van der Waals surface area contributed by atoms with E-state index in [1.165, 1.54) is 0 Å². The van der Waals surface area contributed by atoms with Gasteiger partial charge in [0, 0.05) is 32.8 Å². The number of nitrogens with one attached hydrogen (secondary N) is 1. The van der Waals surface area contributed by atoms with E-state index in [9.17, 15) is 0 Å². The molecule has 0 fully saturated rings. The zero-order valence-corrected chi connectivity index (χ0v) is 10.6. The van der Waals surface area contributed by atoms with E-state index in [2.05, 4.69) is 24.2 Å². The molecule has 0 aromatic carbocycles. The first-order chi connectivity index (χ1) is 7.24. The topological polar surface area (TPSA) is 33.7 Å². The van der Waals surface area contributed by atoms with Gasteiger partial charge in [-0.2, -0.15) is 0 Å². The molecule has 0 aliphatic heterocycles. The van der Waals surface area contributed by atoms with E-state index >= 15 is 0 Å². The summed E-state index contributed by atoms with van der Waals surface area (Å²) < 4.78 is 10.8.